The number of hydrogen-bond donors (Lipinski definition) is 2. The van der Waals surface area contributed by atoms with Gasteiger partial charge in [-0.2, -0.15) is 0 Å². The predicted molar refractivity (Wildman–Crippen MR) is 183 cm³/mol. The number of carboxylic acids is 1. The van der Waals surface area contributed by atoms with Gasteiger partial charge in [-0.25, -0.2) is 9.59 Å². The number of esters is 5. The lowest BCUT2D eigenvalue weighted by molar-refractivity contribution is -0.173. The van der Waals surface area contributed by atoms with E-state index >= 15 is 0 Å². The van der Waals surface area contributed by atoms with Gasteiger partial charge in [0.25, 0.3) is 0 Å². The number of aliphatic hydroxyl groups excluding tert-OH is 1. The van der Waals surface area contributed by atoms with Crippen LogP contribution in [0.15, 0.2) is 48.6 Å². The molecule has 10 atom stereocenters. The van der Waals surface area contributed by atoms with Crippen LogP contribution in [0.25, 0.3) is 0 Å². The zero-order valence-electron chi connectivity index (χ0n) is 30.3. The third-order valence-electron chi connectivity index (χ3n) is 9.89. The summed E-state index contributed by atoms with van der Waals surface area (Å²) in [6.45, 7) is 11.1. The minimum atomic E-state index is -0.614. The fourth-order valence-corrected chi connectivity index (χ4v) is 7.88. The molecule has 0 spiro atoms. The molecule has 7 rings (SSSR count). The first kappa shape index (κ1) is 39.7. The first-order valence-corrected chi connectivity index (χ1v) is 17.8. The van der Waals surface area contributed by atoms with Crippen molar-refractivity contribution >= 4 is 35.8 Å². The van der Waals surface area contributed by atoms with Crippen LogP contribution in [0.5, 0.6) is 0 Å². The van der Waals surface area contributed by atoms with Gasteiger partial charge in [-0.05, 0) is 109 Å². The molecule has 6 aliphatic carbocycles. The average molecular weight is 713 g/mol. The molecule has 0 aromatic heterocycles. The maximum atomic E-state index is 12.5. The second-order valence-electron chi connectivity index (χ2n) is 16.1. The summed E-state index contributed by atoms with van der Waals surface area (Å²) >= 11 is 0. The molecule has 3 fully saturated rings. The Kier molecular flexibility index (Phi) is 12.9. The molecular weight excluding hydrogens is 660 g/mol. The molecule has 10 unspecified atom stereocenters. The zero-order chi connectivity index (χ0) is 37.7. The van der Waals surface area contributed by atoms with Crippen LogP contribution in [0.2, 0.25) is 0 Å². The van der Waals surface area contributed by atoms with Crippen molar-refractivity contribution in [2.45, 2.75) is 84.8 Å². The molecule has 1 heterocycles. The van der Waals surface area contributed by atoms with Crippen molar-refractivity contribution < 1.29 is 57.9 Å². The topological polar surface area (TPSA) is 180 Å². The third kappa shape index (κ3) is 11.0. The van der Waals surface area contributed by atoms with Crippen LogP contribution in [0, 0.1) is 59.2 Å². The number of aliphatic hydroxyl groups is 1. The number of cyclic esters (lactones) is 2. The summed E-state index contributed by atoms with van der Waals surface area (Å²) in [5, 5.41) is 17.2. The van der Waals surface area contributed by atoms with E-state index in [9.17, 15) is 28.8 Å². The van der Waals surface area contributed by atoms with Crippen LogP contribution in [-0.4, -0.2) is 70.4 Å². The Bertz CT molecular complexity index is 1400. The highest BCUT2D eigenvalue weighted by atomic mass is 16.6. The molecule has 0 saturated heterocycles. The van der Waals surface area contributed by atoms with E-state index < -0.39 is 40.9 Å². The van der Waals surface area contributed by atoms with E-state index in [4.69, 9.17) is 24.4 Å². The Morgan fingerprint density at radius 1 is 0.647 bits per heavy atom. The number of allylic oxidation sites excluding steroid dienone is 6. The zero-order valence-corrected chi connectivity index (χ0v) is 30.3. The van der Waals surface area contributed by atoms with E-state index in [0.717, 1.165) is 44.3 Å². The molecule has 2 N–H and O–H groups in total. The van der Waals surface area contributed by atoms with Crippen molar-refractivity contribution in [3.8, 4) is 0 Å². The van der Waals surface area contributed by atoms with Gasteiger partial charge in [0.15, 0.2) is 0 Å². The highest BCUT2D eigenvalue weighted by Crippen LogP contribution is 2.50. The smallest absolute Gasteiger partial charge is 0.338 e. The molecule has 12 nitrogen and oxygen atoms in total. The lowest BCUT2D eigenvalue weighted by Gasteiger charge is -2.30. The Labute approximate surface area is 299 Å². The number of ether oxygens (including phenoxy) is 4. The van der Waals surface area contributed by atoms with Crippen LogP contribution in [0.4, 0.5) is 0 Å². The monoisotopic (exact) mass is 712 g/mol. The fourth-order valence-electron chi connectivity index (χ4n) is 7.88. The standard InChI is InChI=1S/C17H26O4.C10H14O3.C8H10O2.C4H2O3/c1-16(2,3)20-14(18)12-10-7-8-11(9-10)13(12)15(19)21-17(4,5)6;11-3-4-13-10(12)9-6-7-1-2-8(9)5-7;9-8(10)7-4-5-1-2-6(7)3-5;5-3-1-2-4(6)7-3/h7-8,10-13H,9H2,1-6H3;1-2,7-9,11H,3-6H2;1-2,5-7H,3-4H2,(H,9,10);1-2H. The van der Waals surface area contributed by atoms with Gasteiger partial charge in [-0.15, -0.1) is 0 Å². The van der Waals surface area contributed by atoms with Crippen molar-refractivity contribution in [1.29, 1.82) is 0 Å². The highest BCUT2D eigenvalue weighted by molar-refractivity contribution is 6.04. The van der Waals surface area contributed by atoms with Crippen LogP contribution in [0.3, 0.4) is 0 Å². The van der Waals surface area contributed by atoms with E-state index in [0.29, 0.717) is 23.7 Å². The first-order chi connectivity index (χ1) is 23.8. The Morgan fingerprint density at radius 2 is 1.08 bits per heavy atom. The van der Waals surface area contributed by atoms with Crippen LogP contribution < -0.4 is 0 Å². The molecule has 0 amide bonds. The number of carbonyl (C=O) groups is 6. The number of fused-ring (bicyclic) bond motifs is 6. The van der Waals surface area contributed by atoms with Gasteiger partial charge in [0, 0.05) is 12.2 Å². The minimum Gasteiger partial charge on any atom is -0.481 e. The van der Waals surface area contributed by atoms with Gasteiger partial charge in [0.05, 0.1) is 30.3 Å². The summed E-state index contributed by atoms with van der Waals surface area (Å²) in [5.41, 5.74) is -1.08. The van der Waals surface area contributed by atoms with Gasteiger partial charge in [-0.3, -0.25) is 19.2 Å². The van der Waals surface area contributed by atoms with Crippen LogP contribution in [-0.2, 0) is 47.7 Å². The molecule has 6 bridgehead atoms. The largest absolute Gasteiger partial charge is 0.481 e. The second-order valence-corrected chi connectivity index (χ2v) is 16.1. The molecule has 51 heavy (non-hydrogen) atoms. The van der Waals surface area contributed by atoms with Gasteiger partial charge in [0.1, 0.15) is 17.8 Å². The van der Waals surface area contributed by atoms with Gasteiger partial charge < -0.3 is 29.2 Å². The Hall–Kier alpha value is -4.06. The van der Waals surface area contributed by atoms with Crippen molar-refractivity contribution in [2.24, 2.45) is 59.2 Å². The van der Waals surface area contributed by atoms with Crippen molar-refractivity contribution in [3.05, 3.63) is 48.6 Å². The normalized spacial score (nSPS) is 32.7. The van der Waals surface area contributed by atoms with E-state index in [-0.39, 0.29) is 54.8 Å². The summed E-state index contributed by atoms with van der Waals surface area (Å²) in [6, 6.07) is 0. The maximum absolute atomic E-state index is 12.5. The number of carbonyl (C=O) groups excluding carboxylic acids is 5. The third-order valence-corrected chi connectivity index (χ3v) is 9.89. The number of aliphatic carboxylic acids is 1. The fraction of sp³-hybridized carbons (Fsp3) is 0.641. The predicted octanol–water partition coefficient (Wildman–Crippen LogP) is 4.75. The summed E-state index contributed by atoms with van der Waals surface area (Å²) in [6.07, 6.45) is 19.6. The second kappa shape index (κ2) is 16.5. The van der Waals surface area contributed by atoms with E-state index in [2.05, 4.69) is 29.0 Å². The molecule has 12 heteroatoms. The van der Waals surface area contributed by atoms with Crippen molar-refractivity contribution in [2.75, 3.05) is 13.2 Å². The summed E-state index contributed by atoms with van der Waals surface area (Å²) < 4.78 is 19.9. The van der Waals surface area contributed by atoms with Crippen LogP contribution in [0.1, 0.15) is 73.6 Å². The number of carboxylic acid groups (broad SMARTS) is 1. The SMILES string of the molecule is CC(C)(C)OC(=O)C1C2C=CC(C2)C1C(=O)OC(C)(C)C.O=C(O)C1CC2C=CC1C2.O=C(OCCO)C1CC2C=CC1C2.O=C1C=CC(=O)O1. The molecule has 1 aliphatic heterocycles. The highest BCUT2D eigenvalue weighted by Gasteiger charge is 2.54. The molecule has 7 aliphatic rings. The Balaban J connectivity index is 0.000000165. The van der Waals surface area contributed by atoms with Crippen molar-refractivity contribution in [1.82, 2.24) is 0 Å². The molecule has 3 saturated carbocycles. The molecule has 280 valence electrons. The minimum absolute atomic E-state index is 0.0570. The van der Waals surface area contributed by atoms with E-state index in [1.165, 1.54) is 0 Å². The summed E-state index contributed by atoms with van der Waals surface area (Å²) in [5.74, 6) is -1.19. The van der Waals surface area contributed by atoms with Gasteiger partial charge >= 0.3 is 35.8 Å². The van der Waals surface area contributed by atoms with Crippen LogP contribution >= 0.6 is 0 Å². The van der Waals surface area contributed by atoms with Gasteiger partial charge in [-0.1, -0.05) is 36.5 Å². The molecule has 0 aromatic carbocycles. The van der Waals surface area contributed by atoms with E-state index in [1.54, 1.807) is 0 Å². The molecule has 0 aromatic rings. The summed E-state index contributed by atoms with van der Waals surface area (Å²) in [4.78, 5) is 66.8. The number of hydrogen-bond acceptors (Lipinski definition) is 11. The molecular formula is C39H52O12. The quantitative estimate of drug-likeness (QED) is 0.167. The van der Waals surface area contributed by atoms with Crippen molar-refractivity contribution in [3.63, 3.8) is 0 Å². The summed E-state index contributed by atoms with van der Waals surface area (Å²) in [7, 11) is 0. The van der Waals surface area contributed by atoms with Gasteiger partial charge in [0.2, 0.25) is 0 Å². The molecule has 0 radical (unpaired) electrons. The maximum Gasteiger partial charge on any atom is 0.338 e. The lowest BCUT2D eigenvalue weighted by atomic mass is 9.83. The van der Waals surface area contributed by atoms with E-state index in [1.807, 2.05) is 53.7 Å². The lowest BCUT2D eigenvalue weighted by Crippen LogP contribution is -2.40. The number of rotatable bonds is 6. The average Bonchev–Trinajstić information content (AvgIpc) is 3.89. The first-order valence-electron chi connectivity index (χ1n) is 17.8. The Morgan fingerprint density at radius 3 is 1.37 bits per heavy atom.